The number of benzene rings is 1. The van der Waals surface area contributed by atoms with Crippen LogP contribution in [0.1, 0.15) is 33.3 Å². The second-order valence-electron chi connectivity index (χ2n) is 5.80. The van der Waals surface area contributed by atoms with Gasteiger partial charge in [0, 0.05) is 6.54 Å². The Bertz CT molecular complexity index is 480. The van der Waals surface area contributed by atoms with Crippen molar-refractivity contribution in [2.75, 3.05) is 13.3 Å². The van der Waals surface area contributed by atoms with Crippen LogP contribution in [0, 0.1) is 5.92 Å². The molecule has 0 spiro atoms. The van der Waals surface area contributed by atoms with Gasteiger partial charge in [-0.15, -0.1) is 0 Å². The Morgan fingerprint density at radius 3 is 2.68 bits per heavy atom. The van der Waals surface area contributed by atoms with E-state index in [1.54, 1.807) is 0 Å². The van der Waals surface area contributed by atoms with Crippen LogP contribution >= 0.6 is 0 Å². The van der Waals surface area contributed by atoms with Crippen LogP contribution < -0.4 is 14.8 Å². The van der Waals surface area contributed by atoms with Crippen molar-refractivity contribution >= 4 is 5.91 Å². The minimum absolute atomic E-state index is 0.0278. The molecule has 0 unspecified atom stereocenters. The zero-order chi connectivity index (χ0) is 14.0. The topological polar surface area (TPSA) is 47.6 Å². The first-order valence-electron chi connectivity index (χ1n) is 6.59. The summed E-state index contributed by atoms with van der Waals surface area (Å²) in [7, 11) is 0. The van der Waals surface area contributed by atoms with Crippen molar-refractivity contribution < 1.29 is 14.3 Å². The molecule has 0 bridgehead atoms. The summed E-state index contributed by atoms with van der Waals surface area (Å²) in [6.45, 7) is 8.92. The molecule has 1 aromatic carbocycles. The highest BCUT2D eigenvalue weighted by molar-refractivity contribution is 5.87. The minimum Gasteiger partial charge on any atom is -0.454 e. The van der Waals surface area contributed by atoms with Gasteiger partial charge in [-0.2, -0.15) is 0 Å². The lowest BCUT2D eigenvalue weighted by Gasteiger charge is -2.25. The molecule has 0 saturated carbocycles. The second-order valence-corrected chi connectivity index (χ2v) is 5.80. The molecule has 0 radical (unpaired) electrons. The van der Waals surface area contributed by atoms with Crippen molar-refractivity contribution in [1.29, 1.82) is 0 Å². The van der Waals surface area contributed by atoms with Crippen LogP contribution in [0.4, 0.5) is 0 Å². The van der Waals surface area contributed by atoms with Gasteiger partial charge in [0.1, 0.15) is 0 Å². The van der Waals surface area contributed by atoms with Crippen molar-refractivity contribution in [3.8, 4) is 11.5 Å². The zero-order valence-corrected chi connectivity index (χ0v) is 11.9. The standard InChI is InChI=1S/C15H21NO3/c1-10(2)8-16-14(17)15(3,4)11-5-6-12-13(7-11)19-9-18-12/h5-7,10H,8-9H2,1-4H3,(H,16,17). The molecule has 1 aromatic rings. The third-order valence-corrected chi connectivity index (χ3v) is 3.33. The predicted molar refractivity (Wildman–Crippen MR) is 73.4 cm³/mol. The maximum Gasteiger partial charge on any atom is 0.231 e. The van der Waals surface area contributed by atoms with E-state index < -0.39 is 5.41 Å². The number of rotatable bonds is 4. The summed E-state index contributed by atoms with van der Waals surface area (Å²) < 4.78 is 10.6. The average molecular weight is 263 g/mol. The van der Waals surface area contributed by atoms with Crippen LogP contribution in [0.25, 0.3) is 0 Å². The molecule has 4 nitrogen and oxygen atoms in total. The number of hydrogen-bond acceptors (Lipinski definition) is 3. The number of ether oxygens (including phenoxy) is 2. The highest BCUT2D eigenvalue weighted by Gasteiger charge is 2.31. The summed E-state index contributed by atoms with van der Waals surface area (Å²) in [5.74, 6) is 1.92. The highest BCUT2D eigenvalue weighted by atomic mass is 16.7. The summed E-state index contributed by atoms with van der Waals surface area (Å²) in [6, 6.07) is 5.66. The van der Waals surface area contributed by atoms with E-state index in [0.717, 1.165) is 11.3 Å². The predicted octanol–water partition coefficient (Wildman–Crippen LogP) is 2.47. The van der Waals surface area contributed by atoms with Gasteiger partial charge in [-0.1, -0.05) is 19.9 Å². The Balaban J connectivity index is 2.16. The lowest BCUT2D eigenvalue weighted by molar-refractivity contribution is -0.125. The molecule has 0 atom stereocenters. The fourth-order valence-electron chi connectivity index (χ4n) is 1.93. The fourth-order valence-corrected chi connectivity index (χ4v) is 1.93. The van der Waals surface area contributed by atoms with Gasteiger partial charge in [0.25, 0.3) is 0 Å². The third kappa shape index (κ3) is 2.83. The van der Waals surface area contributed by atoms with Crippen molar-refractivity contribution in [2.24, 2.45) is 5.92 Å². The maximum atomic E-state index is 12.3. The number of nitrogens with one attached hydrogen (secondary N) is 1. The Morgan fingerprint density at radius 1 is 1.32 bits per heavy atom. The Morgan fingerprint density at radius 2 is 2.00 bits per heavy atom. The lowest BCUT2D eigenvalue weighted by atomic mass is 9.83. The second kappa shape index (κ2) is 5.11. The van der Waals surface area contributed by atoms with E-state index in [1.807, 2.05) is 32.0 Å². The normalized spacial score (nSPS) is 13.7. The Kier molecular flexibility index (Phi) is 3.69. The molecule has 1 aliphatic heterocycles. The van der Waals surface area contributed by atoms with Crippen LogP contribution in [0.2, 0.25) is 0 Å². The molecule has 0 aromatic heterocycles. The number of amides is 1. The van der Waals surface area contributed by atoms with Gasteiger partial charge in [-0.05, 0) is 37.5 Å². The van der Waals surface area contributed by atoms with E-state index in [-0.39, 0.29) is 12.7 Å². The van der Waals surface area contributed by atoms with E-state index in [4.69, 9.17) is 9.47 Å². The summed E-state index contributed by atoms with van der Waals surface area (Å²) >= 11 is 0. The summed E-state index contributed by atoms with van der Waals surface area (Å²) in [4.78, 5) is 12.3. The molecule has 1 heterocycles. The molecule has 104 valence electrons. The minimum atomic E-state index is -0.587. The average Bonchev–Trinajstić information content (AvgIpc) is 2.82. The highest BCUT2D eigenvalue weighted by Crippen LogP contribution is 2.36. The molecule has 19 heavy (non-hydrogen) atoms. The van der Waals surface area contributed by atoms with Crippen molar-refractivity contribution in [2.45, 2.75) is 33.1 Å². The molecule has 0 aliphatic carbocycles. The summed E-state index contributed by atoms with van der Waals surface area (Å²) in [5.41, 5.74) is 0.341. The van der Waals surface area contributed by atoms with Crippen LogP contribution in [0.15, 0.2) is 18.2 Å². The van der Waals surface area contributed by atoms with Crippen LogP contribution in [-0.4, -0.2) is 19.2 Å². The number of hydrogen-bond donors (Lipinski definition) is 1. The first-order chi connectivity index (χ1) is 8.91. The summed E-state index contributed by atoms with van der Waals surface area (Å²) in [5, 5.41) is 2.98. The van der Waals surface area contributed by atoms with E-state index in [1.165, 1.54) is 0 Å². The van der Waals surface area contributed by atoms with Crippen LogP contribution in [-0.2, 0) is 10.2 Å². The Hall–Kier alpha value is -1.71. The number of fused-ring (bicyclic) bond motifs is 1. The van der Waals surface area contributed by atoms with E-state index >= 15 is 0 Å². The van der Waals surface area contributed by atoms with E-state index in [0.29, 0.717) is 18.2 Å². The number of carbonyl (C=O) groups is 1. The first-order valence-corrected chi connectivity index (χ1v) is 6.59. The molecule has 0 fully saturated rings. The van der Waals surface area contributed by atoms with E-state index in [2.05, 4.69) is 19.2 Å². The van der Waals surface area contributed by atoms with E-state index in [9.17, 15) is 4.79 Å². The zero-order valence-electron chi connectivity index (χ0n) is 11.9. The first kappa shape index (κ1) is 13.7. The van der Waals surface area contributed by atoms with Crippen molar-refractivity contribution in [1.82, 2.24) is 5.32 Å². The van der Waals surface area contributed by atoms with Crippen molar-refractivity contribution in [3.63, 3.8) is 0 Å². The molecule has 2 rings (SSSR count). The summed E-state index contributed by atoms with van der Waals surface area (Å²) in [6.07, 6.45) is 0. The van der Waals surface area contributed by atoms with Crippen LogP contribution in [0.3, 0.4) is 0 Å². The smallest absolute Gasteiger partial charge is 0.231 e. The van der Waals surface area contributed by atoms with Gasteiger partial charge in [0.15, 0.2) is 11.5 Å². The van der Waals surface area contributed by atoms with Gasteiger partial charge in [-0.3, -0.25) is 4.79 Å². The number of carbonyl (C=O) groups excluding carboxylic acids is 1. The van der Waals surface area contributed by atoms with Gasteiger partial charge in [0.2, 0.25) is 12.7 Å². The molecule has 1 amide bonds. The monoisotopic (exact) mass is 263 g/mol. The quantitative estimate of drug-likeness (QED) is 0.907. The van der Waals surface area contributed by atoms with Crippen molar-refractivity contribution in [3.05, 3.63) is 23.8 Å². The molecule has 1 N–H and O–H groups in total. The fraction of sp³-hybridized carbons (Fsp3) is 0.533. The third-order valence-electron chi connectivity index (χ3n) is 3.33. The molecular weight excluding hydrogens is 242 g/mol. The maximum absolute atomic E-state index is 12.3. The molecule has 1 aliphatic rings. The molecule has 0 saturated heterocycles. The Labute approximate surface area is 114 Å². The van der Waals surface area contributed by atoms with Gasteiger partial charge in [-0.25, -0.2) is 0 Å². The lowest BCUT2D eigenvalue weighted by Crippen LogP contribution is -2.41. The molecule has 4 heteroatoms. The SMILES string of the molecule is CC(C)CNC(=O)C(C)(C)c1ccc2c(c1)OCO2. The largest absolute Gasteiger partial charge is 0.454 e. The van der Waals surface area contributed by atoms with Gasteiger partial charge in [0.05, 0.1) is 5.41 Å². The van der Waals surface area contributed by atoms with Gasteiger partial charge >= 0.3 is 0 Å². The van der Waals surface area contributed by atoms with Crippen LogP contribution in [0.5, 0.6) is 11.5 Å². The van der Waals surface area contributed by atoms with Gasteiger partial charge < -0.3 is 14.8 Å². The molecular formula is C15H21NO3.